The average Bonchev–Trinajstić information content (AvgIpc) is 2.73. The van der Waals surface area contributed by atoms with Crippen molar-refractivity contribution in [3.63, 3.8) is 0 Å². The molecule has 0 saturated heterocycles. The van der Waals surface area contributed by atoms with Gasteiger partial charge in [0.05, 0.1) is 29.8 Å². The largest absolute Gasteiger partial charge is 0.493 e. The maximum atomic E-state index is 12.9. The van der Waals surface area contributed by atoms with Crippen LogP contribution < -0.4 is 20.1 Å². The van der Waals surface area contributed by atoms with Crippen LogP contribution >= 0.6 is 15.9 Å². The molecule has 7 nitrogen and oxygen atoms in total. The molecule has 3 rings (SSSR count). The van der Waals surface area contributed by atoms with Crippen LogP contribution in [-0.4, -0.2) is 25.7 Å². The summed E-state index contributed by atoms with van der Waals surface area (Å²) in [4.78, 5) is 25.1. The number of amides is 2. The van der Waals surface area contributed by atoms with Gasteiger partial charge >= 0.3 is 12.0 Å². The molecule has 0 aliphatic carbocycles. The zero-order valence-electron chi connectivity index (χ0n) is 17.0. The minimum absolute atomic E-state index is 0.132. The fourth-order valence-electron chi connectivity index (χ4n) is 3.21. The molecule has 1 atom stereocenters. The first-order valence-electron chi connectivity index (χ1n) is 9.44. The van der Waals surface area contributed by atoms with Crippen molar-refractivity contribution < 1.29 is 23.8 Å². The molecule has 1 unspecified atom stereocenters. The van der Waals surface area contributed by atoms with Crippen molar-refractivity contribution >= 4 is 27.9 Å². The fourth-order valence-corrected chi connectivity index (χ4v) is 3.78. The van der Waals surface area contributed by atoms with Crippen LogP contribution in [0, 0.1) is 0 Å². The Bertz CT molecular complexity index is 975. The van der Waals surface area contributed by atoms with E-state index in [1.165, 1.54) is 7.11 Å². The van der Waals surface area contributed by atoms with Gasteiger partial charge in [0.1, 0.15) is 6.61 Å². The van der Waals surface area contributed by atoms with Crippen LogP contribution in [0.5, 0.6) is 11.5 Å². The summed E-state index contributed by atoms with van der Waals surface area (Å²) < 4.78 is 17.3. The summed E-state index contributed by atoms with van der Waals surface area (Å²) >= 11 is 3.49. The van der Waals surface area contributed by atoms with Gasteiger partial charge in [0.15, 0.2) is 11.5 Å². The molecule has 1 aliphatic heterocycles. The Morgan fingerprint density at radius 3 is 2.60 bits per heavy atom. The second-order valence-corrected chi connectivity index (χ2v) is 7.45. The van der Waals surface area contributed by atoms with Gasteiger partial charge in [0.25, 0.3) is 0 Å². The van der Waals surface area contributed by atoms with E-state index in [0.29, 0.717) is 39.4 Å². The summed E-state index contributed by atoms with van der Waals surface area (Å²) in [5, 5.41) is 5.44. The number of nitrogens with one attached hydrogen (secondary N) is 2. The standard InChI is InChI=1S/C22H23BrN2O5/c1-4-29-20-16(23)10-15(11-17(20)28-3)19-18(13(2)24-22(27)25-19)21(26)30-12-14-8-6-5-7-9-14/h5-11,19H,4,12H2,1-3H3,(H2,24,25,27). The van der Waals surface area contributed by atoms with Crippen LogP contribution in [0.4, 0.5) is 4.79 Å². The van der Waals surface area contributed by atoms with E-state index in [1.807, 2.05) is 37.3 Å². The Morgan fingerprint density at radius 2 is 1.93 bits per heavy atom. The molecule has 0 bridgehead atoms. The molecule has 0 spiro atoms. The number of benzene rings is 2. The third-order valence-electron chi connectivity index (χ3n) is 4.58. The topological polar surface area (TPSA) is 85.9 Å². The number of hydrogen-bond acceptors (Lipinski definition) is 5. The molecular weight excluding hydrogens is 452 g/mol. The third-order valence-corrected chi connectivity index (χ3v) is 5.16. The number of allylic oxidation sites excluding steroid dienone is 1. The van der Waals surface area contributed by atoms with Gasteiger partial charge in [0.2, 0.25) is 0 Å². The monoisotopic (exact) mass is 474 g/mol. The molecular formula is C22H23BrN2O5. The summed E-state index contributed by atoms with van der Waals surface area (Å²) in [6.07, 6.45) is 0. The molecule has 8 heteroatoms. The quantitative estimate of drug-likeness (QED) is 0.586. The maximum absolute atomic E-state index is 12.9. The molecule has 0 fully saturated rings. The summed E-state index contributed by atoms with van der Waals surface area (Å²) in [5.74, 6) is 0.527. The Labute approximate surface area is 183 Å². The number of carbonyl (C=O) groups excluding carboxylic acids is 2. The summed E-state index contributed by atoms with van der Waals surface area (Å²) in [6.45, 7) is 4.15. The predicted molar refractivity (Wildman–Crippen MR) is 115 cm³/mol. The van der Waals surface area contributed by atoms with E-state index in [0.717, 1.165) is 5.56 Å². The molecule has 0 aromatic heterocycles. The van der Waals surface area contributed by atoms with Crippen molar-refractivity contribution in [3.05, 3.63) is 69.3 Å². The van der Waals surface area contributed by atoms with E-state index in [4.69, 9.17) is 14.2 Å². The lowest BCUT2D eigenvalue weighted by atomic mass is 9.95. The van der Waals surface area contributed by atoms with Crippen molar-refractivity contribution in [2.45, 2.75) is 26.5 Å². The number of methoxy groups -OCH3 is 1. The highest BCUT2D eigenvalue weighted by atomic mass is 79.9. The lowest BCUT2D eigenvalue weighted by molar-refractivity contribution is -0.140. The van der Waals surface area contributed by atoms with E-state index in [1.54, 1.807) is 19.1 Å². The lowest BCUT2D eigenvalue weighted by Crippen LogP contribution is -2.45. The van der Waals surface area contributed by atoms with Gasteiger partial charge in [-0.3, -0.25) is 0 Å². The second-order valence-electron chi connectivity index (χ2n) is 6.60. The van der Waals surface area contributed by atoms with Gasteiger partial charge in [-0.05, 0) is 53.0 Å². The van der Waals surface area contributed by atoms with E-state index < -0.39 is 18.0 Å². The van der Waals surface area contributed by atoms with Gasteiger partial charge in [-0.1, -0.05) is 30.3 Å². The number of esters is 1. The minimum Gasteiger partial charge on any atom is -0.493 e. The van der Waals surface area contributed by atoms with Crippen molar-refractivity contribution in [2.24, 2.45) is 0 Å². The molecule has 1 heterocycles. The van der Waals surface area contributed by atoms with Crippen LogP contribution in [0.2, 0.25) is 0 Å². The van der Waals surface area contributed by atoms with Crippen LogP contribution in [0.1, 0.15) is 31.0 Å². The zero-order chi connectivity index (χ0) is 21.7. The number of ether oxygens (including phenoxy) is 3. The van der Waals surface area contributed by atoms with Gasteiger partial charge < -0.3 is 24.8 Å². The fraction of sp³-hybridized carbons (Fsp3) is 0.273. The lowest BCUT2D eigenvalue weighted by Gasteiger charge is -2.29. The molecule has 0 saturated carbocycles. The van der Waals surface area contributed by atoms with Crippen LogP contribution in [0.25, 0.3) is 0 Å². The van der Waals surface area contributed by atoms with Gasteiger partial charge in [-0.2, -0.15) is 0 Å². The molecule has 2 aromatic carbocycles. The van der Waals surface area contributed by atoms with Crippen molar-refractivity contribution in [1.29, 1.82) is 0 Å². The average molecular weight is 475 g/mol. The number of urea groups is 1. The number of carbonyl (C=O) groups is 2. The highest BCUT2D eigenvalue weighted by Crippen LogP contribution is 2.40. The minimum atomic E-state index is -0.706. The first-order chi connectivity index (χ1) is 14.4. The summed E-state index contributed by atoms with van der Waals surface area (Å²) in [7, 11) is 1.53. The number of rotatable bonds is 7. The van der Waals surface area contributed by atoms with Crippen LogP contribution in [0.15, 0.2) is 58.2 Å². The number of hydrogen-bond donors (Lipinski definition) is 2. The first-order valence-corrected chi connectivity index (χ1v) is 10.2. The molecule has 2 N–H and O–H groups in total. The molecule has 0 radical (unpaired) electrons. The maximum Gasteiger partial charge on any atom is 0.338 e. The van der Waals surface area contributed by atoms with Gasteiger partial charge in [0, 0.05) is 5.70 Å². The van der Waals surface area contributed by atoms with Crippen LogP contribution in [0.3, 0.4) is 0 Å². The zero-order valence-corrected chi connectivity index (χ0v) is 18.5. The Morgan fingerprint density at radius 1 is 1.20 bits per heavy atom. The van der Waals surface area contributed by atoms with E-state index in [-0.39, 0.29) is 6.61 Å². The van der Waals surface area contributed by atoms with Crippen molar-refractivity contribution in [1.82, 2.24) is 10.6 Å². The van der Waals surface area contributed by atoms with Gasteiger partial charge in [-0.15, -0.1) is 0 Å². The first kappa shape index (κ1) is 21.7. The SMILES string of the molecule is CCOc1c(Br)cc(C2NC(=O)NC(C)=C2C(=O)OCc2ccccc2)cc1OC. The van der Waals surface area contributed by atoms with Crippen molar-refractivity contribution in [2.75, 3.05) is 13.7 Å². The summed E-state index contributed by atoms with van der Waals surface area (Å²) in [6, 6.07) is 11.8. The Hall–Kier alpha value is -3.00. The third kappa shape index (κ3) is 4.76. The highest BCUT2D eigenvalue weighted by Gasteiger charge is 2.33. The second kappa shape index (κ2) is 9.67. The van der Waals surface area contributed by atoms with Crippen LogP contribution in [-0.2, 0) is 16.1 Å². The predicted octanol–water partition coefficient (Wildman–Crippen LogP) is 4.23. The van der Waals surface area contributed by atoms with E-state index in [2.05, 4.69) is 26.6 Å². The molecule has 30 heavy (non-hydrogen) atoms. The Kier molecular flexibility index (Phi) is 6.99. The van der Waals surface area contributed by atoms with Crippen molar-refractivity contribution in [3.8, 4) is 11.5 Å². The summed E-state index contributed by atoms with van der Waals surface area (Å²) in [5.41, 5.74) is 2.29. The van der Waals surface area contributed by atoms with E-state index in [9.17, 15) is 9.59 Å². The van der Waals surface area contributed by atoms with E-state index >= 15 is 0 Å². The number of halogens is 1. The van der Waals surface area contributed by atoms with Gasteiger partial charge in [-0.25, -0.2) is 9.59 Å². The molecule has 158 valence electrons. The Balaban J connectivity index is 1.93. The molecule has 1 aliphatic rings. The molecule has 2 aromatic rings. The normalized spacial score (nSPS) is 15.9. The molecule has 2 amide bonds. The highest BCUT2D eigenvalue weighted by molar-refractivity contribution is 9.10. The smallest absolute Gasteiger partial charge is 0.338 e.